The van der Waals surface area contributed by atoms with Crippen molar-refractivity contribution in [3.63, 3.8) is 0 Å². The van der Waals surface area contributed by atoms with Crippen molar-refractivity contribution in [1.82, 2.24) is 20.0 Å². The smallest absolute Gasteiger partial charge is 0.358 e. The molecule has 2 aromatic rings. The van der Waals surface area contributed by atoms with Crippen molar-refractivity contribution >= 4 is 5.97 Å². The highest BCUT2D eigenvalue weighted by atomic mass is 16.4. The Kier molecular flexibility index (Phi) is 1.81. The van der Waals surface area contributed by atoms with E-state index in [0.29, 0.717) is 11.5 Å². The van der Waals surface area contributed by atoms with E-state index in [4.69, 9.17) is 5.11 Å². The molecule has 2 N–H and O–H groups in total. The summed E-state index contributed by atoms with van der Waals surface area (Å²) in [6.45, 7) is 1.66. The number of hydrogen-bond donors (Lipinski definition) is 2. The summed E-state index contributed by atoms with van der Waals surface area (Å²) in [4.78, 5) is 13.6. The number of nitrogens with zero attached hydrogens (tertiary/aromatic N) is 3. The molecule has 0 fully saturated rings. The van der Waals surface area contributed by atoms with E-state index in [0.717, 1.165) is 0 Å². The average molecular weight is 192 g/mol. The summed E-state index contributed by atoms with van der Waals surface area (Å²) in [6.07, 6.45) is 1.73. The molecule has 0 saturated heterocycles. The molecule has 2 rings (SSSR count). The third-order valence-corrected chi connectivity index (χ3v) is 1.91. The van der Waals surface area contributed by atoms with Crippen LogP contribution in [0.25, 0.3) is 5.82 Å². The Morgan fingerprint density at radius 1 is 1.64 bits per heavy atom. The van der Waals surface area contributed by atoms with Gasteiger partial charge in [-0.3, -0.25) is 0 Å². The van der Waals surface area contributed by atoms with E-state index in [9.17, 15) is 4.79 Å². The van der Waals surface area contributed by atoms with Gasteiger partial charge in [-0.15, -0.1) is 5.10 Å². The standard InChI is InChI=1S/C8H8N4O2/c1-5-7(8(13)14)10-11-12(5)6-3-2-4-9-6/h2-4,9H,1H3,(H,13,14). The Morgan fingerprint density at radius 3 is 2.93 bits per heavy atom. The summed E-state index contributed by atoms with van der Waals surface area (Å²) in [5, 5.41) is 16.0. The van der Waals surface area contributed by atoms with Gasteiger partial charge in [-0.2, -0.15) is 0 Å². The quantitative estimate of drug-likeness (QED) is 0.729. The van der Waals surface area contributed by atoms with Crippen LogP contribution in [0.5, 0.6) is 0 Å². The molecule has 0 saturated carbocycles. The van der Waals surface area contributed by atoms with Crippen LogP contribution in [0.1, 0.15) is 16.2 Å². The number of H-pyrrole nitrogens is 1. The second-order valence-corrected chi connectivity index (χ2v) is 2.80. The molecule has 0 radical (unpaired) electrons. The predicted molar refractivity (Wildman–Crippen MR) is 47.4 cm³/mol. The minimum Gasteiger partial charge on any atom is -0.476 e. The molecule has 6 heteroatoms. The molecule has 0 aliphatic rings. The van der Waals surface area contributed by atoms with Crippen LogP contribution in [-0.2, 0) is 0 Å². The molecule has 0 atom stereocenters. The zero-order valence-corrected chi connectivity index (χ0v) is 7.43. The third-order valence-electron chi connectivity index (χ3n) is 1.91. The van der Waals surface area contributed by atoms with Crippen LogP contribution in [-0.4, -0.2) is 31.1 Å². The predicted octanol–water partition coefficient (Wildman–Crippen LogP) is 0.602. The van der Waals surface area contributed by atoms with Gasteiger partial charge in [-0.25, -0.2) is 9.48 Å². The Morgan fingerprint density at radius 2 is 2.43 bits per heavy atom. The van der Waals surface area contributed by atoms with Gasteiger partial charge in [-0.1, -0.05) is 5.21 Å². The van der Waals surface area contributed by atoms with Crippen molar-refractivity contribution in [2.75, 3.05) is 0 Å². The first kappa shape index (κ1) is 8.49. The van der Waals surface area contributed by atoms with Crippen LogP contribution < -0.4 is 0 Å². The first-order valence-electron chi connectivity index (χ1n) is 3.99. The SMILES string of the molecule is Cc1c(C(=O)O)nnn1-c1ccc[nH]1. The van der Waals surface area contributed by atoms with Crippen LogP contribution >= 0.6 is 0 Å². The molecular weight excluding hydrogens is 184 g/mol. The van der Waals surface area contributed by atoms with Crippen LogP contribution in [0, 0.1) is 6.92 Å². The van der Waals surface area contributed by atoms with Crippen LogP contribution in [0.2, 0.25) is 0 Å². The molecular formula is C8H8N4O2. The molecule has 0 aliphatic heterocycles. The minimum atomic E-state index is -1.07. The average Bonchev–Trinajstić information content (AvgIpc) is 2.71. The summed E-state index contributed by atoms with van der Waals surface area (Å²) in [6, 6.07) is 3.59. The number of carboxylic acid groups (broad SMARTS) is 1. The number of rotatable bonds is 2. The number of hydrogen-bond acceptors (Lipinski definition) is 3. The lowest BCUT2D eigenvalue weighted by atomic mass is 10.3. The molecule has 6 nitrogen and oxygen atoms in total. The van der Waals surface area contributed by atoms with Crippen LogP contribution in [0.3, 0.4) is 0 Å². The summed E-state index contributed by atoms with van der Waals surface area (Å²) in [5.74, 6) is -0.372. The zero-order chi connectivity index (χ0) is 10.1. The second kappa shape index (κ2) is 2.99. The van der Waals surface area contributed by atoms with E-state index in [-0.39, 0.29) is 5.69 Å². The van der Waals surface area contributed by atoms with Crippen molar-refractivity contribution in [3.8, 4) is 5.82 Å². The number of aromatic carboxylic acids is 1. The monoisotopic (exact) mass is 192 g/mol. The molecule has 0 spiro atoms. The van der Waals surface area contributed by atoms with Crippen molar-refractivity contribution in [1.29, 1.82) is 0 Å². The molecule has 0 bridgehead atoms. The number of carbonyl (C=O) groups is 1. The first-order valence-corrected chi connectivity index (χ1v) is 3.99. The van der Waals surface area contributed by atoms with Gasteiger partial charge in [0.25, 0.3) is 0 Å². The van der Waals surface area contributed by atoms with Crippen molar-refractivity contribution in [3.05, 3.63) is 29.7 Å². The Balaban J connectivity index is 2.52. The highest BCUT2D eigenvalue weighted by molar-refractivity contribution is 5.86. The lowest BCUT2D eigenvalue weighted by molar-refractivity contribution is 0.0689. The Hall–Kier alpha value is -2.11. The maximum Gasteiger partial charge on any atom is 0.358 e. The van der Waals surface area contributed by atoms with E-state index in [1.165, 1.54) is 4.68 Å². The van der Waals surface area contributed by atoms with Crippen molar-refractivity contribution < 1.29 is 9.90 Å². The van der Waals surface area contributed by atoms with Gasteiger partial charge in [0.1, 0.15) is 5.82 Å². The number of nitrogens with one attached hydrogen (secondary N) is 1. The molecule has 0 amide bonds. The third kappa shape index (κ3) is 1.17. The number of carboxylic acids is 1. The van der Waals surface area contributed by atoms with Gasteiger partial charge < -0.3 is 10.1 Å². The number of aromatic nitrogens is 4. The zero-order valence-electron chi connectivity index (χ0n) is 7.43. The van der Waals surface area contributed by atoms with Gasteiger partial charge in [0.2, 0.25) is 0 Å². The van der Waals surface area contributed by atoms with Crippen molar-refractivity contribution in [2.45, 2.75) is 6.92 Å². The van der Waals surface area contributed by atoms with Gasteiger partial charge >= 0.3 is 5.97 Å². The number of aromatic amines is 1. The fraction of sp³-hybridized carbons (Fsp3) is 0.125. The highest BCUT2D eigenvalue weighted by Gasteiger charge is 2.15. The molecule has 2 heterocycles. The van der Waals surface area contributed by atoms with Crippen molar-refractivity contribution in [2.24, 2.45) is 0 Å². The summed E-state index contributed by atoms with van der Waals surface area (Å²) >= 11 is 0. The summed E-state index contributed by atoms with van der Waals surface area (Å²) < 4.78 is 1.45. The fourth-order valence-electron chi connectivity index (χ4n) is 1.21. The van der Waals surface area contributed by atoms with E-state index < -0.39 is 5.97 Å². The van der Waals surface area contributed by atoms with Crippen LogP contribution in [0.4, 0.5) is 0 Å². The topological polar surface area (TPSA) is 83.8 Å². The van der Waals surface area contributed by atoms with E-state index in [1.54, 1.807) is 25.3 Å². The molecule has 0 aromatic carbocycles. The molecule has 14 heavy (non-hydrogen) atoms. The lowest BCUT2D eigenvalue weighted by Gasteiger charge is -1.97. The van der Waals surface area contributed by atoms with Gasteiger partial charge in [-0.05, 0) is 19.1 Å². The fourth-order valence-corrected chi connectivity index (χ4v) is 1.21. The normalized spacial score (nSPS) is 10.4. The first-order chi connectivity index (χ1) is 6.70. The molecule has 2 aromatic heterocycles. The molecule has 0 aliphatic carbocycles. The maximum atomic E-state index is 10.7. The largest absolute Gasteiger partial charge is 0.476 e. The van der Waals surface area contributed by atoms with E-state index >= 15 is 0 Å². The maximum absolute atomic E-state index is 10.7. The van der Waals surface area contributed by atoms with Gasteiger partial charge in [0.05, 0.1) is 5.69 Å². The Bertz CT molecular complexity index is 458. The van der Waals surface area contributed by atoms with E-state index in [2.05, 4.69) is 15.3 Å². The molecule has 72 valence electrons. The van der Waals surface area contributed by atoms with E-state index in [1.807, 2.05) is 0 Å². The van der Waals surface area contributed by atoms with Gasteiger partial charge in [0.15, 0.2) is 5.69 Å². The summed E-state index contributed by atoms with van der Waals surface area (Å²) in [5.41, 5.74) is 0.472. The lowest BCUT2D eigenvalue weighted by Crippen LogP contribution is -2.02. The summed E-state index contributed by atoms with van der Waals surface area (Å²) in [7, 11) is 0. The van der Waals surface area contributed by atoms with Crippen LogP contribution in [0.15, 0.2) is 18.3 Å². The highest BCUT2D eigenvalue weighted by Crippen LogP contribution is 2.09. The second-order valence-electron chi connectivity index (χ2n) is 2.80. The van der Waals surface area contributed by atoms with Gasteiger partial charge in [0, 0.05) is 6.20 Å². The molecule has 0 unspecified atom stereocenters. The minimum absolute atomic E-state index is 0.0281. The Labute approximate surface area is 79.2 Å².